The summed E-state index contributed by atoms with van der Waals surface area (Å²) in [6.45, 7) is 2.50. The average molecular weight is 413 g/mol. The van der Waals surface area contributed by atoms with Crippen LogP contribution in [0.2, 0.25) is 0 Å². The highest BCUT2D eigenvalue weighted by Gasteiger charge is 2.05. The van der Waals surface area contributed by atoms with Crippen LogP contribution < -0.4 is 10.6 Å². The van der Waals surface area contributed by atoms with Gasteiger partial charge in [0.05, 0.1) is 0 Å². The van der Waals surface area contributed by atoms with Crippen LogP contribution in [0.5, 0.6) is 0 Å². The molecule has 0 bridgehead atoms. The molecule has 0 aliphatic heterocycles. The highest BCUT2D eigenvalue weighted by Crippen LogP contribution is 2.20. The standard InChI is InChI=1S/C15H15Br2N3O/c1-10-8-11(16)2-4-13(10)20-15(21)6-7-18-14-5-3-12(17)9-19-14/h2-5,8-9H,6-7H2,1H3,(H,18,19)(H,20,21). The van der Waals surface area contributed by atoms with Gasteiger partial charge in [-0.1, -0.05) is 15.9 Å². The van der Waals surface area contributed by atoms with Crippen LogP contribution >= 0.6 is 31.9 Å². The number of pyridine rings is 1. The lowest BCUT2D eigenvalue weighted by molar-refractivity contribution is -0.115. The molecule has 0 saturated heterocycles. The second kappa shape index (κ2) is 7.56. The Morgan fingerprint density at radius 3 is 2.62 bits per heavy atom. The Bertz CT molecular complexity index is 629. The molecule has 1 amide bonds. The predicted octanol–water partition coefficient (Wildman–Crippen LogP) is 4.36. The molecule has 0 radical (unpaired) electrons. The first-order chi connectivity index (χ1) is 10.0. The van der Waals surface area contributed by atoms with E-state index in [2.05, 4.69) is 47.5 Å². The first kappa shape index (κ1) is 16.0. The van der Waals surface area contributed by atoms with Gasteiger partial charge in [-0.15, -0.1) is 0 Å². The molecule has 21 heavy (non-hydrogen) atoms. The number of carbonyl (C=O) groups excluding carboxylic acids is 1. The number of hydrogen-bond acceptors (Lipinski definition) is 3. The van der Waals surface area contributed by atoms with Gasteiger partial charge in [0.15, 0.2) is 0 Å². The Balaban J connectivity index is 1.81. The Morgan fingerprint density at radius 2 is 1.95 bits per heavy atom. The summed E-state index contributed by atoms with van der Waals surface area (Å²) in [5, 5.41) is 6.02. The van der Waals surface area contributed by atoms with Crippen molar-refractivity contribution in [1.29, 1.82) is 0 Å². The first-order valence-electron chi connectivity index (χ1n) is 6.46. The molecule has 0 aliphatic rings. The maximum Gasteiger partial charge on any atom is 0.226 e. The van der Waals surface area contributed by atoms with E-state index >= 15 is 0 Å². The Kier molecular flexibility index (Phi) is 5.76. The summed E-state index contributed by atoms with van der Waals surface area (Å²) in [6.07, 6.45) is 2.10. The maximum atomic E-state index is 11.9. The fourth-order valence-corrected chi connectivity index (χ4v) is 2.47. The van der Waals surface area contributed by atoms with Gasteiger partial charge in [-0.2, -0.15) is 0 Å². The van der Waals surface area contributed by atoms with Crippen molar-refractivity contribution >= 4 is 49.3 Å². The zero-order valence-corrected chi connectivity index (χ0v) is 14.7. The minimum Gasteiger partial charge on any atom is -0.370 e. The van der Waals surface area contributed by atoms with E-state index in [0.29, 0.717) is 13.0 Å². The van der Waals surface area contributed by atoms with E-state index in [9.17, 15) is 4.79 Å². The molecule has 0 unspecified atom stereocenters. The minimum atomic E-state index is -0.0231. The molecule has 4 nitrogen and oxygen atoms in total. The van der Waals surface area contributed by atoms with Crippen LogP contribution in [-0.2, 0) is 4.79 Å². The van der Waals surface area contributed by atoms with Gasteiger partial charge in [-0.05, 0) is 58.7 Å². The van der Waals surface area contributed by atoms with E-state index in [1.165, 1.54) is 0 Å². The van der Waals surface area contributed by atoms with E-state index in [1.54, 1.807) is 6.20 Å². The Hall–Kier alpha value is -1.40. The fourth-order valence-electron chi connectivity index (χ4n) is 1.76. The van der Waals surface area contributed by atoms with Crippen LogP contribution in [0.1, 0.15) is 12.0 Å². The summed E-state index contributed by atoms with van der Waals surface area (Å²) < 4.78 is 1.93. The second-order valence-corrected chi connectivity index (χ2v) is 6.38. The van der Waals surface area contributed by atoms with E-state index in [-0.39, 0.29) is 5.91 Å². The molecule has 0 atom stereocenters. The number of amides is 1. The van der Waals surface area contributed by atoms with Crippen molar-refractivity contribution in [2.24, 2.45) is 0 Å². The SMILES string of the molecule is Cc1cc(Br)ccc1NC(=O)CCNc1ccc(Br)cn1. The van der Waals surface area contributed by atoms with Crippen LogP contribution in [0, 0.1) is 6.92 Å². The number of anilines is 2. The summed E-state index contributed by atoms with van der Waals surface area (Å²) in [7, 11) is 0. The van der Waals surface area contributed by atoms with Crippen LogP contribution in [0.15, 0.2) is 45.5 Å². The van der Waals surface area contributed by atoms with Crippen LogP contribution in [0.4, 0.5) is 11.5 Å². The van der Waals surface area contributed by atoms with Gasteiger partial charge < -0.3 is 10.6 Å². The highest BCUT2D eigenvalue weighted by atomic mass is 79.9. The topological polar surface area (TPSA) is 54.0 Å². The minimum absolute atomic E-state index is 0.0231. The lowest BCUT2D eigenvalue weighted by Crippen LogP contribution is -2.17. The van der Waals surface area contributed by atoms with Crippen LogP contribution in [0.25, 0.3) is 0 Å². The molecule has 0 spiro atoms. The zero-order valence-electron chi connectivity index (χ0n) is 11.5. The van der Waals surface area contributed by atoms with Gasteiger partial charge in [0.25, 0.3) is 0 Å². The maximum absolute atomic E-state index is 11.9. The van der Waals surface area contributed by atoms with Crippen molar-refractivity contribution in [1.82, 2.24) is 4.98 Å². The predicted molar refractivity (Wildman–Crippen MR) is 92.6 cm³/mol. The summed E-state index contributed by atoms with van der Waals surface area (Å²) in [6, 6.07) is 9.54. The van der Waals surface area contributed by atoms with Crippen molar-refractivity contribution in [3.63, 3.8) is 0 Å². The molecule has 0 saturated carbocycles. The summed E-state index contributed by atoms with van der Waals surface area (Å²) in [4.78, 5) is 16.1. The molecule has 0 aliphatic carbocycles. The second-order valence-electron chi connectivity index (χ2n) is 4.55. The van der Waals surface area contributed by atoms with E-state index in [1.807, 2.05) is 37.3 Å². The van der Waals surface area contributed by atoms with Crippen molar-refractivity contribution in [3.8, 4) is 0 Å². The van der Waals surface area contributed by atoms with E-state index in [0.717, 1.165) is 26.0 Å². The molecule has 0 fully saturated rings. The molecule has 1 heterocycles. The van der Waals surface area contributed by atoms with Gasteiger partial charge in [-0.25, -0.2) is 4.98 Å². The number of nitrogens with zero attached hydrogens (tertiary/aromatic N) is 1. The number of aromatic nitrogens is 1. The molecular weight excluding hydrogens is 398 g/mol. The monoisotopic (exact) mass is 411 g/mol. The molecule has 2 rings (SSSR count). The van der Waals surface area contributed by atoms with E-state index in [4.69, 9.17) is 0 Å². The summed E-state index contributed by atoms with van der Waals surface area (Å²) in [5.74, 6) is 0.732. The third kappa shape index (κ3) is 5.13. The largest absolute Gasteiger partial charge is 0.370 e. The molecule has 2 aromatic rings. The Labute approximate surface area is 140 Å². The van der Waals surface area contributed by atoms with Crippen molar-refractivity contribution in [2.45, 2.75) is 13.3 Å². The summed E-state index contributed by atoms with van der Waals surface area (Å²) >= 11 is 6.73. The van der Waals surface area contributed by atoms with Gasteiger partial charge in [0.2, 0.25) is 5.91 Å². The van der Waals surface area contributed by atoms with Crippen molar-refractivity contribution in [2.75, 3.05) is 17.2 Å². The van der Waals surface area contributed by atoms with Crippen molar-refractivity contribution < 1.29 is 4.79 Å². The lowest BCUT2D eigenvalue weighted by atomic mass is 10.2. The lowest BCUT2D eigenvalue weighted by Gasteiger charge is -2.09. The molecule has 2 N–H and O–H groups in total. The van der Waals surface area contributed by atoms with Gasteiger partial charge in [0.1, 0.15) is 5.82 Å². The Morgan fingerprint density at radius 1 is 1.19 bits per heavy atom. The molecular formula is C15H15Br2N3O. The first-order valence-corrected chi connectivity index (χ1v) is 8.04. The molecule has 6 heteroatoms. The number of benzene rings is 1. The third-order valence-corrected chi connectivity index (χ3v) is 3.81. The number of nitrogens with one attached hydrogen (secondary N) is 2. The zero-order chi connectivity index (χ0) is 15.2. The number of rotatable bonds is 5. The smallest absolute Gasteiger partial charge is 0.226 e. The highest BCUT2D eigenvalue weighted by molar-refractivity contribution is 9.10. The third-order valence-electron chi connectivity index (χ3n) is 2.85. The molecule has 110 valence electrons. The van der Waals surface area contributed by atoms with Crippen LogP contribution in [-0.4, -0.2) is 17.4 Å². The molecule has 1 aromatic heterocycles. The number of carbonyl (C=O) groups is 1. The fraction of sp³-hybridized carbons (Fsp3) is 0.200. The van der Waals surface area contributed by atoms with E-state index < -0.39 is 0 Å². The van der Waals surface area contributed by atoms with Gasteiger partial charge in [0, 0.05) is 33.8 Å². The quantitative estimate of drug-likeness (QED) is 0.767. The number of hydrogen-bond donors (Lipinski definition) is 2. The van der Waals surface area contributed by atoms with Gasteiger partial charge >= 0.3 is 0 Å². The normalized spacial score (nSPS) is 10.2. The van der Waals surface area contributed by atoms with Crippen LogP contribution in [0.3, 0.4) is 0 Å². The van der Waals surface area contributed by atoms with Crippen molar-refractivity contribution in [3.05, 3.63) is 51.0 Å². The summed E-state index contributed by atoms with van der Waals surface area (Å²) in [5.41, 5.74) is 1.87. The average Bonchev–Trinajstić information content (AvgIpc) is 2.44. The number of halogens is 2. The molecule has 1 aromatic carbocycles. The number of aryl methyl sites for hydroxylation is 1. The van der Waals surface area contributed by atoms with Gasteiger partial charge in [-0.3, -0.25) is 4.79 Å².